The average molecular weight is 447 g/mol. The quantitative estimate of drug-likeness (QED) is 0.507. The summed E-state index contributed by atoms with van der Waals surface area (Å²) in [5, 5.41) is 3.33. The number of hydrogen-bond acceptors (Lipinski definition) is 6. The third kappa shape index (κ3) is 5.31. The van der Waals surface area contributed by atoms with Crippen LogP contribution in [0.15, 0.2) is 82.7 Å². The van der Waals surface area contributed by atoms with Gasteiger partial charge in [0.15, 0.2) is 16.7 Å². The van der Waals surface area contributed by atoms with Crippen LogP contribution in [0.4, 0.5) is 5.69 Å². The van der Waals surface area contributed by atoms with E-state index in [0.717, 1.165) is 22.6 Å². The monoisotopic (exact) mass is 446 g/mol. The lowest BCUT2D eigenvalue weighted by atomic mass is 10.2. The molecule has 3 aromatic rings. The van der Waals surface area contributed by atoms with Crippen molar-refractivity contribution in [3.8, 4) is 17.2 Å². The molecule has 1 N–H and O–H groups in total. The highest BCUT2D eigenvalue weighted by molar-refractivity contribution is 8.18. The van der Waals surface area contributed by atoms with Gasteiger partial charge >= 0.3 is 0 Å². The molecule has 1 aliphatic heterocycles. The van der Waals surface area contributed by atoms with E-state index in [9.17, 15) is 4.79 Å². The molecule has 1 fully saturated rings. The van der Waals surface area contributed by atoms with Crippen molar-refractivity contribution in [2.24, 2.45) is 4.99 Å². The molecule has 3 aromatic carbocycles. The molecule has 0 aliphatic carbocycles. The second-order valence-corrected chi connectivity index (χ2v) is 7.89. The maximum atomic E-state index is 12.4. The Hall–Kier alpha value is -3.71. The van der Waals surface area contributed by atoms with Gasteiger partial charge in [-0.05, 0) is 65.4 Å². The molecule has 162 valence electrons. The molecule has 0 aromatic heterocycles. The van der Waals surface area contributed by atoms with E-state index in [1.54, 1.807) is 20.3 Å². The Morgan fingerprint density at radius 1 is 0.938 bits per heavy atom. The molecule has 0 radical (unpaired) electrons. The normalized spacial score (nSPS) is 15.6. The van der Waals surface area contributed by atoms with Crippen molar-refractivity contribution in [2.45, 2.75) is 6.61 Å². The molecule has 1 aliphatic rings. The highest BCUT2D eigenvalue weighted by Gasteiger charge is 2.24. The predicted molar refractivity (Wildman–Crippen MR) is 128 cm³/mol. The molecule has 1 heterocycles. The van der Waals surface area contributed by atoms with Crippen LogP contribution in [0.2, 0.25) is 0 Å². The maximum absolute atomic E-state index is 12.4. The minimum atomic E-state index is -0.189. The van der Waals surface area contributed by atoms with Crippen molar-refractivity contribution < 1.29 is 19.0 Å². The van der Waals surface area contributed by atoms with Crippen LogP contribution in [0, 0.1) is 0 Å². The number of carbonyl (C=O) groups excluding carboxylic acids is 1. The molecule has 1 amide bonds. The summed E-state index contributed by atoms with van der Waals surface area (Å²) in [6.45, 7) is 0.446. The fraction of sp³-hybridized carbons (Fsp3) is 0.120. The zero-order chi connectivity index (χ0) is 22.3. The second kappa shape index (κ2) is 10.1. The number of hydrogen-bond donors (Lipinski definition) is 1. The Kier molecular flexibility index (Phi) is 6.77. The summed E-state index contributed by atoms with van der Waals surface area (Å²) < 4.78 is 16.5. The van der Waals surface area contributed by atoms with Gasteiger partial charge in [-0.1, -0.05) is 36.4 Å². The zero-order valence-corrected chi connectivity index (χ0v) is 18.5. The van der Waals surface area contributed by atoms with E-state index in [1.165, 1.54) is 11.8 Å². The standard InChI is InChI=1S/C25H22N2O4S/c1-29-20-11-9-19(10-12-20)26-25-27-24(28)23(32-25)15-18-8-13-21(22(14-18)30-2)31-16-17-6-4-3-5-7-17/h3-15H,16H2,1-2H3,(H,26,27,28). The van der Waals surface area contributed by atoms with Crippen LogP contribution in [0.1, 0.15) is 11.1 Å². The van der Waals surface area contributed by atoms with E-state index in [-0.39, 0.29) is 5.91 Å². The number of amides is 1. The number of carbonyl (C=O) groups is 1. The number of ether oxygens (including phenoxy) is 3. The summed E-state index contributed by atoms with van der Waals surface area (Å²) in [7, 11) is 3.21. The smallest absolute Gasteiger partial charge is 0.264 e. The number of nitrogens with one attached hydrogen (secondary N) is 1. The van der Waals surface area contributed by atoms with Crippen LogP contribution in [-0.2, 0) is 11.4 Å². The summed E-state index contributed by atoms with van der Waals surface area (Å²) in [5.74, 6) is 1.81. The minimum Gasteiger partial charge on any atom is -0.497 e. The average Bonchev–Trinajstić information content (AvgIpc) is 3.17. The molecule has 7 heteroatoms. The SMILES string of the molecule is COc1ccc(N=C2NC(=O)C(=Cc3ccc(OCc4ccccc4)c(OC)c3)S2)cc1. The molecular formula is C25H22N2O4S. The highest BCUT2D eigenvalue weighted by Crippen LogP contribution is 2.32. The number of rotatable bonds is 7. The number of aliphatic imine (C=N–C) groups is 1. The van der Waals surface area contributed by atoms with E-state index in [2.05, 4.69) is 10.3 Å². The van der Waals surface area contributed by atoms with Crippen molar-refractivity contribution in [3.05, 3.63) is 88.8 Å². The van der Waals surface area contributed by atoms with E-state index in [4.69, 9.17) is 14.2 Å². The number of benzene rings is 3. The van der Waals surface area contributed by atoms with Crippen molar-refractivity contribution in [3.63, 3.8) is 0 Å². The number of amidine groups is 1. The highest BCUT2D eigenvalue weighted by atomic mass is 32.2. The molecular weight excluding hydrogens is 424 g/mol. The van der Waals surface area contributed by atoms with Crippen LogP contribution in [0.25, 0.3) is 6.08 Å². The van der Waals surface area contributed by atoms with Gasteiger partial charge in [0.05, 0.1) is 24.8 Å². The summed E-state index contributed by atoms with van der Waals surface area (Å²) in [5.41, 5.74) is 2.64. The lowest BCUT2D eigenvalue weighted by molar-refractivity contribution is -0.115. The third-order valence-electron chi connectivity index (χ3n) is 4.68. The molecule has 0 spiro atoms. The van der Waals surface area contributed by atoms with Gasteiger partial charge < -0.3 is 19.5 Å². The van der Waals surface area contributed by atoms with Crippen LogP contribution in [0.3, 0.4) is 0 Å². The summed E-state index contributed by atoms with van der Waals surface area (Å²) in [4.78, 5) is 17.4. The summed E-state index contributed by atoms with van der Waals surface area (Å²) in [6, 6.07) is 22.8. The Morgan fingerprint density at radius 2 is 1.72 bits per heavy atom. The molecule has 0 atom stereocenters. The Labute approximate surface area is 190 Å². The Bertz CT molecular complexity index is 1160. The molecule has 0 unspecified atom stereocenters. The van der Waals surface area contributed by atoms with Crippen molar-refractivity contribution in [1.82, 2.24) is 5.32 Å². The van der Waals surface area contributed by atoms with Gasteiger partial charge in [-0.2, -0.15) is 0 Å². The first-order valence-electron chi connectivity index (χ1n) is 9.93. The predicted octanol–water partition coefficient (Wildman–Crippen LogP) is 5.17. The zero-order valence-electron chi connectivity index (χ0n) is 17.7. The van der Waals surface area contributed by atoms with Gasteiger partial charge in [-0.25, -0.2) is 4.99 Å². The molecule has 6 nitrogen and oxygen atoms in total. The van der Waals surface area contributed by atoms with Crippen LogP contribution in [0.5, 0.6) is 17.2 Å². The first-order chi connectivity index (χ1) is 15.6. The van der Waals surface area contributed by atoms with Crippen LogP contribution >= 0.6 is 11.8 Å². The van der Waals surface area contributed by atoms with Crippen LogP contribution < -0.4 is 19.5 Å². The van der Waals surface area contributed by atoms with Gasteiger partial charge in [0, 0.05) is 0 Å². The fourth-order valence-corrected chi connectivity index (χ4v) is 3.88. The van der Waals surface area contributed by atoms with Crippen molar-refractivity contribution in [1.29, 1.82) is 0 Å². The van der Waals surface area contributed by atoms with Crippen LogP contribution in [-0.4, -0.2) is 25.3 Å². The largest absolute Gasteiger partial charge is 0.497 e. The molecule has 4 rings (SSSR count). The molecule has 32 heavy (non-hydrogen) atoms. The van der Waals surface area contributed by atoms with Gasteiger partial charge in [0.2, 0.25) is 0 Å². The molecule has 0 saturated carbocycles. The summed E-state index contributed by atoms with van der Waals surface area (Å²) >= 11 is 1.29. The maximum Gasteiger partial charge on any atom is 0.264 e. The Morgan fingerprint density at radius 3 is 2.44 bits per heavy atom. The van der Waals surface area contributed by atoms with Crippen molar-refractivity contribution in [2.75, 3.05) is 14.2 Å². The number of methoxy groups -OCH3 is 2. The van der Waals surface area contributed by atoms with Crippen molar-refractivity contribution >= 4 is 34.6 Å². The first-order valence-corrected chi connectivity index (χ1v) is 10.7. The lowest BCUT2D eigenvalue weighted by Crippen LogP contribution is -2.19. The summed E-state index contributed by atoms with van der Waals surface area (Å²) in [6.07, 6.45) is 1.81. The Balaban J connectivity index is 1.47. The first kappa shape index (κ1) is 21.5. The van der Waals surface area contributed by atoms with E-state index in [0.29, 0.717) is 28.2 Å². The van der Waals surface area contributed by atoms with Gasteiger partial charge in [0.25, 0.3) is 5.91 Å². The minimum absolute atomic E-state index is 0.189. The lowest BCUT2D eigenvalue weighted by Gasteiger charge is -2.11. The van der Waals surface area contributed by atoms with E-state index < -0.39 is 0 Å². The molecule has 0 bridgehead atoms. The second-order valence-electron chi connectivity index (χ2n) is 6.86. The number of thioether (sulfide) groups is 1. The van der Waals surface area contributed by atoms with Gasteiger partial charge in [-0.15, -0.1) is 0 Å². The topological polar surface area (TPSA) is 69.2 Å². The fourth-order valence-electron chi connectivity index (χ4n) is 3.03. The van der Waals surface area contributed by atoms with Gasteiger partial charge in [0.1, 0.15) is 12.4 Å². The number of nitrogens with zero attached hydrogens (tertiary/aromatic N) is 1. The third-order valence-corrected chi connectivity index (χ3v) is 5.59. The van der Waals surface area contributed by atoms with E-state index in [1.807, 2.05) is 72.8 Å². The molecule has 1 saturated heterocycles. The van der Waals surface area contributed by atoms with E-state index >= 15 is 0 Å². The van der Waals surface area contributed by atoms with Gasteiger partial charge in [-0.3, -0.25) is 4.79 Å².